The first kappa shape index (κ1) is 25.7. The summed E-state index contributed by atoms with van der Waals surface area (Å²) in [5.41, 5.74) is 4.70. The zero-order chi connectivity index (χ0) is 24.8. The van der Waals surface area contributed by atoms with Crippen LogP contribution in [-0.4, -0.2) is 52.0 Å². The molecule has 1 aliphatic carbocycles. The van der Waals surface area contributed by atoms with E-state index in [1.54, 1.807) is 25.3 Å². The largest absolute Gasteiger partial charge is 0.496 e. The summed E-state index contributed by atoms with van der Waals surface area (Å²) in [6, 6.07) is 11.4. The first-order valence-corrected chi connectivity index (χ1v) is 14.0. The van der Waals surface area contributed by atoms with Crippen LogP contribution >= 0.6 is 0 Å². The van der Waals surface area contributed by atoms with Gasteiger partial charge in [0.2, 0.25) is 15.9 Å². The molecular formula is C27H36N2O5S. The number of morpholine rings is 1. The fourth-order valence-electron chi connectivity index (χ4n) is 4.95. The lowest BCUT2D eigenvalue weighted by molar-refractivity contribution is -0.121. The number of ether oxygens (including phenoxy) is 2. The normalized spacial score (nSPS) is 17.4. The van der Waals surface area contributed by atoms with Crippen molar-refractivity contribution >= 4 is 15.9 Å². The molecule has 8 heteroatoms. The zero-order valence-electron chi connectivity index (χ0n) is 20.7. The van der Waals surface area contributed by atoms with E-state index in [1.807, 2.05) is 0 Å². The molecule has 1 N–H and O–H groups in total. The standard InChI is InChI=1S/C27H36N2O5S/c1-3-25(22-9-8-20-6-4-5-7-21(20)18-22)28-27(30)13-10-23-19-24(11-12-26(23)33-2)35(31,32)29-14-16-34-17-15-29/h8-9,11-12,18-19,25H,3-7,10,13-17H2,1-2H3,(H,28,30)/t25-/m0/s1. The van der Waals surface area contributed by atoms with Crippen LogP contribution in [0.3, 0.4) is 0 Å². The van der Waals surface area contributed by atoms with Gasteiger partial charge in [0.05, 0.1) is 31.3 Å². The minimum absolute atomic E-state index is 0.0374. The second kappa shape index (κ2) is 11.5. The summed E-state index contributed by atoms with van der Waals surface area (Å²) < 4.78 is 38.3. The van der Waals surface area contributed by atoms with E-state index in [4.69, 9.17) is 9.47 Å². The van der Waals surface area contributed by atoms with Crippen LogP contribution in [0.5, 0.6) is 5.75 Å². The number of sulfonamides is 1. The van der Waals surface area contributed by atoms with Crippen molar-refractivity contribution in [3.63, 3.8) is 0 Å². The van der Waals surface area contributed by atoms with E-state index in [9.17, 15) is 13.2 Å². The van der Waals surface area contributed by atoms with Crippen LogP contribution in [0.2, 0.25) is 0 Å². The van der Waals surface area contributed by atoms with Crippen molar-refractivity contribution in [1.29, 1.82) is 0 Å². The molecule has 1 atom stereocenters. The molecule has 1 heterocycles. The molecule has 1 amide bonds. The average molecular weight is 501 g/mol. The summed E-state index contributed by atoms with van der Waals surface area (Å²) in [5.74, 6) is 0.526. The third-order valence-corrected chi connectivity index (χ3v) is 8.89. The highest BCUT2D eigenvalue weighted by molar-refractivity contribution is 7.89. The Morgan fingerprint density at radius 1 is 1.09 bits per heavy atom. The Labute approximate surface area is 208 Å². The summed E-state index contributed by atoms with van der Waals surface area (Å²) in [6.07, 6.45) is 6.17. The Bertz CT molecular complexity index is 1140. The van der Waals surface area contributed by atoms with Gasteiger partial charge in [-0.25, -0.2) is 8.42 Å². The van der Waals surface area contributed by atoms with Crippen molar-refractivity contribution in [3.8, 4) is 5.75 Å². The molecule has 1 fully saturated rings. The quantitative estimate of drug-likeness (QED) is 0.566. The van der Waals surface area contributed by atoms with E-state index in [2.05, 4.69) is 30.4 Å². The van der Waals surface area contributed by atoms with Crippen molar-refractivity contribution in [2.24, 2.45) is 0 Å². The summed E-state index contributed by atoms with van der Waals surface area (Å²) in [7, 11) is -2.06. The van der Waals surface area contributed by atoms with E-state index < -0.39 is 10.0 Å². The molecular weight excluding hydrogens is 464 g/mol. The SMILES string of the molecule is CC[C@H](NC(=O)CCc1cc(S(=O)(=O)N2CCOCC2)ccc1OC)c1ccc2c(c1)CCCC2. The Morgan fingerprint density at radius 2 is 1.83 bits per heavy atom. The Morgan fingerprint density at radius 3 is 2.54 bits per heavy atom. The number of aryl methyl sites for hydroxylation is 3. The maximum absolute atomic E-state index is 13.1. The number of hydrogen-bond acceptors (Lipinski definition) is 5. The van der Waals surface area contributed by atoms with Gasteiger partial charge in [0.1, 0.15) is 5.75 Å². The lowest BCUT2D eigenvalue weighted by Crippen LogP contribution is -2.40. The Kier molecular flexibility index (Phi) is 8.46. The fourth-order valence-corrected chi connectivity index (χ4v) is 6.41. The number of rotatable bonds is 9. The summed E-state index contributed by atoms with van der Waals surface area (Å²) >= 11 is 0. The molecule has 0 radical (unpaired) electrons. The number of carbonyl (C=O) groups is 1. The summed E-state index contributed by atoms with van der Waals surface area (Å²) in [4.78, 5) is 13.1. The smallest absolute Gasteiger partial charge is 0.243 e. The molecule has 190 valence electrons. The maximum atomic E-state index is 13.1. The molecule has 7 nitrogen and oxygen atoms in total. The number of hydrogen-bond donors (Lipinski definition) is 1. The van der Waals surface area contributed by atoms with Gasteiger partial charge in [0.15, 0.2) is 0 Å². The third-order valence-electron chi connectivity index (χ3n) is 7.00. The highest BCUT2D eigenvalue weighted by Crippen LogP contribution is 2.28. The van der Waals surface area contributed by atoms with Gasteiger partial charge in [-0.05, 0) is 79.0 Å². The van der Waals surface area contributed by atoms with Gasteiger partial charge in [-0.2, -0.15) is 4.31 Å². The predicted octanol–water partition coefficient (Wildman–Crippen LogP) is 3.80. The van der Waals surface area contributed by atoms with Crippen molar-refractivity contribution in [2.75, 3.05) is 33.4 Å². The molecule has 0 aromatic heterocycles. The van der Waals surface area contributed by atoms with Crippen molar-refractivity contribution in [2.45, 2.75) is 62.8 Å². The van der Waals surface area contributed by atoms with Gasteiger partial charge in [0.25, 0.3) is 0 Å². The number of fused-ring (bicyclic) bond motifs is 1. The van der Waals surface area contributed by atoms with E-state index in [-0.39, 0.29) is 23.3 Å². The number of nitrogens with one attached hydrogen (secondary N) is 1. The molecule has 0 saturated carbocycles. The van der Waals surface area contributed by atoms with Crippen LogP contribution in [0.4, 0.5) is 0 Å². The number of methoxy groups -OCH3 is 1. The predicted molar refractivity (Wildman–Crippen MR) is 135 cm³/mol. The minimum Gasteiger partial charge on any atom is -0.496 e. The molecule has 1 saturated heterocycles. The molecule has 0 spiro atoms. The highest BCUT2D eigenvalue weighted by atomic mass is 32.2. The topological polar surface area (TPSA) is 84.9 Å². The van der Waals surface area contributed by atoms with Crippen LogP contribution in [-0.2, 0) is 38.8 Å². The third kappa shape index (κ3) is 6.05. The minimum atomic E-state index is -3.62. The molecule has 0 bridgehead atoms. The van der Waals surface area contributed by atoms with E-state index in [0.29, 0.717) is 44.0 Å². The second-order valence-corrected chi connectivity index (χ2v) is 11.2. The van der Waals surface area contributed by atoms with Gasteiger partial charge in [-0.3, -0.25) is 4.79 Å². The first-order chi connectivity index (χ1) is 16.9. The lowest BCUT2D eigenvalue weighted by atomic mass is 9.88. The summed E-state index contributed by atoms with van der Waals surface area (Å²) in [5, 5.41) is 3.17. The van der Waals surface area contributed by atoms with Gasteiger partial charge >= 0.3 is 0 Å². The van der Waals surface area contributed by atoms with Crippen molar-refractivity contribution in [3.05, 3.63) is 58.7 Å². The fraction of sp³-hybridized carbons (Fsp3) is 0.519. The zero-order valence-corrected chi connectivity index (χ0v) is 21.5. The van der Waals surface area contributed by atoms with E-state index >= 15 is 0 Å². The second-order valence-electron chi connectivity index (χ2n) is 9.25. The lowest BCUT2D eigenvalue weighted by Gasteiger charge is -2.26. The molecule has 1 aliphatic heterocycles. The van der Waals surface area contributed by atoms with Crippen LogP contribution < -0.4 is 10.1 Å². The molecule has 4 rings (SSSR count). The molecule has 2 aromatic carbocycles. The van der Waals surface area contributed by atoms with E-state index in [0.717, 1.165) is 24.8 Å². The molecule has 0 unspecified atom stereocenters. The number of amides is 1. The van der Waals surface area contributed by atoms with Crippen molar-refractivity contribution < 1.29 is 22.7 Å². The Balaban J connectivity index is 1.43. The molecule has 2 aromatic rings. The van der Waals surface area contributed by atoms with Crippen molar-refractivity contribution in [1.82, 2.24) is 9.62 Å². The van der Waals surface area contributed by atoms with Crippen LogP contribution in [0, 0.1) is 0 Å². The highest BCUT2D eigenvalue weighted by Gasteiger charge is 2.27. The monoisotopic (exact) mass is 500 g/mol. The average Bonchev–Trinajstić information content (AvgIpc) is 2.90. The first-order valence-electron chi connectivity index (χ1n) is 12.6. The number of nitrogens with zero attached hydrogens (tertiary/aromatic N) is 1. The molecule has 35 heavy (non-hydrogen) atoms. The summed E-state index contributed by atoms with van der Waals surface area (Å²) in [6.45, 7) is 3.55. The Hall–Kier alpha value is -2.42. The van der Waals surface area contributed by atoms with Gasteiger partial charge in [-0.1, -0.05) is 25.1 Å². The van der Waals surface area contributed by atoms with Gasteiger partial charge in [0, 0.05) is 19.5 Å². The number of benzene rings is 2. The maximum Gasteiger partial charge on any atom is 0.243 e. The van der Waals surface area contributed by atoms with Crippen LogP contribution in [0.1, 0.15) is 60.9 Å². The van der Waals surface area contributed by atoms with E-state index in [1.165, 1.54) is 28.3 Å². The van der Waals surface area contributed by atoms with Crippen LogP contribution in [0.25, 0.3) is 0 Å². The number of carbonyl (C=O) groups excluding carboxylic acids is 1. The van der Waals surface area contributed by atoms with Gasteiger partial charge in [-0.15, -0.1) is 0 Å². The van der Waals surface area contributed by atoms with Crippen LogP contribution in [0.15, 0.2) is 41.3 Å². The molecule has 2 aliphatic rings. The van der Waals surface area contributed by atoms with Gasteiger partial charge < -0.3 is 14.8 Å².